The number of nitrogen functional groups attached to an aromatic ring is 1. The van der Waals surface area contributed by atoms with Gasteiger partial charge in [-0.15, -0.1) is 11.3 Å². The molecule has 0 saturated carbocycles. The van der Waals surface area contributed by atoms with Crippen molar-refractivity contribution < 1.29 is 24.5 Å². The van der Waals surface area contributed by atoms with Crippen molar-refractivity contribution in [3.63, 3.8) is 0 Å². The fourth-order valence-corrected chi connectivity index (χ4v) is 4.55. The highest BCUT2D eigenvalue weighted by Gasteiger charge is 2.24. The number of hydrogen-bond donors (Lipinski definition) is 4. The molecular weight excluding hydrogens is 460 g/mol. The second kappa shape index (κ2) is 8.97. The van der Waals surface area contributed by atoms with E-state index in [0.29, 0.717) is 21.6 Å². The van der Waals surface area contributed by atoms with Gasteiger partial charge in [-0.2, -0.15) is 0 Å². The first-order valence-electron chi connectivity index (χ1n) is 8.44. The second-order valence-corrected chi connectivity index (χ2v) is 7.88. The first kappa shape index (κ1) is 20.7. The normalized spacial score (nSPS) is 10.5. The lowest BCUT2D eigenvalue weighted by Gasteiger charge is -2.09. The topological polar surface area (TPSA) is 122 Å². The first-order valence-corrected chi connectivity index (χ1v) is 10.0. The molecule has 0 spiro atoms. The van der Waals surface area contributed by atoms with E-state index in [1.54, 1.807) is 0 Å². The number of carboxylic acid groups (broad SMARTS) is 2. The number of nitrogens with two attached hydrogens (primary N) is 1. The van der Waals surface area contributed by atoms with Crippen molar-refractivity contribution in [2.45, 2.75) is 6.54 Å². The zero-order valence-electron chi connectivity index (χ0n) is 15.0. The summed E-state index contributed by atoms with van der Waals surface area (Å²) >= 11 is 4.38. The van der Waals surface area contributed by atoms with Crippen LogP contribution in [0, 0.1) is 0 Å². The lowest BCUT2D eigenvalue weighted by atomic mass is 10.1. The average Bonchev–Trinajstić information content (AvgIpc) is 3.02. The molecule has 0 aliphatic rings. The Morgan fingerprint density at radius 2 is 1.90 bits per heavy atom. The Morgan fingerprint density at radius 3 is 2.59 bits per heavy atom. The third-order valence-electron chi connectivity index (χ3n) is 3.92. The van der Waals surface area contributed by atoms with Crippen LogP contribution in [-0.4, -0.2) is 28.8 Å². The highest BCUT2D eigenvalue weighted by Crippen LogP contribution is 2.46. The molecule has 7 nitrogen and oxygen atoms in total. The smallest absolute Gasteiger partial charge is 0.349 e. The number of benzene rings is 2. The summed E-state index contributed by atoms with van der Waals surface area (Å²) in [7, 11) is 0. The van der Waals surface area contributed by atoms with E-state index in [9.17, 15) is 14.7 Å². The minimum absolute atomic E-state index is 0.0121. The predicted octanol–water partition coefficient (Wildman–Crippen LogP) is 4.53. The van der Waals surface area contributed by atoms with Gasteiger partial charge in [0.25, 0.3) is 0 Å². The third-order valence-corrected chi connectivity index (χ3v) is 6.14. The maximum absolute atomic E-state index is 11.6. The Hall–Kier alpha value is -3.04. The van der Waals surface area contributed by atoms with E-state index < -0.39 is 18.5 Å². The molecule has 0 fully saturated rings. The molecule has 3 rings (SSSR count). The van der Waals surface area contributed by atoms with Crippen molar-refractivity contribution >= 4 is 50.6 Å². The highest BCUT2D eigenvalue weighted by molar-refractivity contribution is 9.10. The number of halogens is 1. The number of hydrogen-bond acceptors (Lipinski definition) is 6. The number of carboxylic acids is 2. The van der Waals surface area contributed by atoms with Gasteiger partial charge in [0.2, 0.25) is 0 Å². The fourth-order valence-electron chi connectivity index (χ4n) is 2.66. The minimum atomic E-state index is -1.19. The molecule has 0 aliphatic carbocycles. The molecule has 0 unspecified atom stereocenters. The van der Waals surface area contributed by atoms with Crippen LogP contribution < -0.4 is 15.8 Å². The van der Waals surface area contributed by atoms with E-state index >= 15 is 0 Å². The Balaban J connectivity index is 1.86. The van der Waals surface area contributed by atoms with Gasteiger partial charge in [-0.3, -0.25) is 0 Å². The summed E-state index contributed by atoms with van der Waals surface area (Å²) in [5, 5.41) is 21.6. The zero-order valence-corrected chi connectivity index (χ0v) is 17.4. The van der Waals surface area contributed by atoms with Crippen molar-refractivity contribution in [1.29, 1.82) is 0 Å². The van der Waals surface area contributed by atoms with Crippen LogP contribution in [0.2, 0.25) is 0 Å². The minimum Gasteiger partial charge on any atom is -0.479 e. The molecular formula is C20H17BrN2O5S. The Morgan fingerprint density at radius 1 is 1.14 bits per heavy atom. The molecule has 0 saturated heterocycles. The molecule has 29 heavy (non-hydrogen) atoms. The number of aromatic carboxylic acids is 1. The van der Waals surface area contributed by atoms with E-state index in [1.165, 1.54) is 0 Å². The van der Waals surface area contributed by atoms with Gasteiger partial charge in [0.15, 0.2) is 17.2 Å². The fraction of sp³-hybridized carbons (Fsp3) is 0.100. The molecule has 5 N–H and O–H groups in total. The van der Waals surface area contributed by atoms with E-state index in [1.807, 2.05) is 48.5 Å². The molecule has 0 radical (unpaired) electrons. The Labute approximate surface area is 178 Å². The SMILES string of the molecule is Nc1cccc(CNc2cccc(-c3sc(C(=O)O)c(OCC(=O)O)c3Br)c2)c1. The number of aliphatic carboxylic acids is 1. The van der Waals surface area contributed by atoms with Crippen molar-refractivity contribution in [3.05, 3.63) is 63.4 Å². The standard InChI is InChI=1S/C20H17BrN2O5S/c21-16-17(28-10-15(24)25)19(20(26)27)29-18(16)12-4-2-6-14(8-12)23-9-11-3-1-5-13(22)7-11/h1-8,23H,9-10,22H2,(H,24,25)(H,26,27). The quantitative estimate of drug-likeness (QED) is 0.352. The molecule has 3 aromatic rings. The van der Waals surface area contributed by atoms with Crippen molar-refractivity contribution in [2.24, 2.45) is 0 Å². The molecule has 0 atom stereocenters. The Kier molecular flexibility index (Phi) is 6.40. The number of anilines is 2. The summed E-state index contributed by atoms with van der Waals surface area (Å²) in [6.45, 7) is -0.0513. The molecule has 0 bridgehead atoms. The molecule has 1 heterocycles. The molecule has 9 heteroatoms. The Bertz CT molecular complexity index is 1070. The second-order valence-electron chi connectivity index (χ2n) is 6.07. The average molecular weight is 477 g/mol. The van der Waals surface area contributed by atoms with Gasteiger partial charge in [0.1, 0.15) is 0 Å². The predicted molar refractivity (Wildman–Crippen MR) is 116 cm³/mol. The highest BCUT2D eigenvalue weighted by atomic mass is 79.9. The van der Waals surface area contributed by atoms with Crippen molar-refractivity contribution in [2.75, 3.05) is 17.7 Å². The van der Waals surface area contributed by atoms with Gasteiger partial charge < -0.3 is 26.0 Å². The van der Waals surface area contributed by atoms with Crippen LogP contribution in [0.4, 0.5) is 11.4 Å². The molecule has 2 aromatic carbocycles. The van der Waals surface area contributed by atoms with Crippen LogP contribution in [0.5, 0.6) is 5.75 Å². The summed E-state index contributed by atoms with van der Waals surface area (Å²) in [4.78, 5) is 22.9. The summed E-state index contributed by atoms with van der Waals surface area (Å²) in [5.74, 6) is -2.36. The number of thiophene rings is 1. The molecule has 0 amide bonds. The largest absolute Gasteiger partial charge is 0.479 e. The number of rotatable bonds is 8. The van der Waals surface area contributed by atoms with Gasteiger partial charge >= 0.3 is 11.9 Å². The van der Waals surface area contributed by atoms with E-state index in [-0.39, 0.29) is 10.6 Å². The van der Waals surface area contributed by atoms with Gasteiger partial charge in [0, 0.05) is 17.9 Å². The van der Waals surface area contributed by atoms with Crippen LogP contribution in [0.15, 0.2) is 53.0 Å². The number of carbonyl (C=O) groups is 2. The number of nitrogens with one attached hydrogen (secondary N) is 1. The molecule has 150 valence electrons. The van der Waals surface area contributed by atoms with E-state index in [2.05, 4.69) is 21.2 Å². The lowest BCUT2D eigenvalue weighted by Crippen LogP contribution is -2.11. The molecule has 1 aromatic heterocycles. The van der Waals surface area contributed by atoms with Crippen LogP contribution in [0.25, 0.3) is 10.4 Å². The summed E-state index contributed by atoms with van der Waals surface area (Å²) in [6.07, 6.45) is 0. The van der Waals surface area contributed by atoms with Crippen LogP contribution in [0.1, 0.15) is 15.2 Å². The molecule has 0 aliphatic heterocycles. The third kappa shape index (κ3) is 5.07. The maximum Gasteiger partial charge on any atom is 0.349 e. The van der Waals surface area contributed by atoms with Crippen molar-refractivity contribution in [1.82, 2.24) is 0 Å². The van der Waals surface area contributed by atoms with Crippen molar-refractivity contribution in [3.8, 4) is 16.2 Å². The van der Waals surface area contributed by atoms with Crippen LogP contribution in [0.3, 0.4) is 0 Å². The van der Waals surface area contributed by atoms with Gasteiger partial charge in [-0.1, -0.05) is 24.3 Å². The van der Waals surface area contributed by atoms with Gasteiger partial charge in [-0.05, 0) is 51.3 Å². The summed E-state index contributed by atoms with van der Waals surface area (Å²) in [5.41, 5.74) is 9.14. The first-order chi connectivity index (χ1) is 13.8. The van der Waals surface area contributed by atoms with E-state index in [0.717, 1.165) is 28.2 Å². The number of ether oxygens (including phenoxy) is 1. The van der Waals surface area contributed by atoms with Crippen LogP contribution >= 0.6 is 27.3 Å². The van der Waals surface area contributed by atoms with Crippen LogP contribution in [-0.2, 0) is 11.3 Å². The lowest BCUT2D eigenvalue weighted by molar-refractivity contribution is -0.139. The summed E-state index contributed by atoms with van der Waals surface area (Å²) in [6, 6.07) is 15.0. The monoisotopic (exact) mass is 476 g/mol. The maximum atomic E-state index is 11.6. The van der Waals surface area contributed by atoms with Gasteiger partial charge in [0.05, 0.1) is 9.35 Å². The summed E-state index contributed by atoms with van der Waals surface area (Å²) < 4.78 is 5.61. The van der Waals surface area contributed by atoms with Gasteiger partial charge in [-0.25, -0.2) is 9.59 Å². The van der Waals surface area contributed by atoms with E-state index in [4.69, 9.17) is 15.6 Å². The zero-order chi connectivity index (χ0) is 21.0.